The lowest BCUT2D eigenvalue weighted by Crippen LogP contribution is -2.17. The second kappa shape index (κ2) is 9.71. The number of nitro groups is 2. The number of ether oxygens (including phenoxy) is 1. The standard InChI is InChI=1S/C21H14N4O7/c26-20(15-6-2-1-3-7-15)23-22-13-14-5-4-8-19(9-14)32-21(27)16-10-17(24(28)29)12-18(11-16)25(30)31/h1-13H,(H,23,26)/b22-13+. The molecule has 0 bridgehead atoms. The Morgan fingerprint density at radius 3 is 2.12 bits per heavy atom. The van der Waals surface area contributed by atoms with Crippen molar-refractivity contribution in [2.75, 3.05) is 0 Å². The van der Waals surface area contributed by atoms with Gasteiger partial charge in [-0.3, -0.25) is 25.0 Å². The molecule has 0 spiro atoms. The summed E-state index contributed by atoms with van der Waals surface area (Å²) in [7, 11) is 0. The number of nitrogens with zero attached hydrogens (tertiary/aromatic N) is 3. The minimum Gasteiger partial charge on any atom is -0.423 e. The van der Waals surface area contributed by atoms with E-state index in [1.54, 1.807) is 42.5 Å². The zero-order valence-corrected chi connectivity index (χ0v) is 16.2. The topological polar surface area (TPSA) is 154 Å². The average Bonchev–Trinajstić information content (AvgIpc) is 2.79. The third kappa shape index (κ3) is 5.57. The van der Waals surface area contributed by atoms with Crippen molar-refractivity contribution >= 4 is 29.5 Å². The van der Waals surface area contributed by atoms with Crippen LogP contribution in [0, 0.1) is 20.2 Å². The molecule has 0 saturated carbocycles. The highest BCUT2D eigenvalue weighted by atomic mass is 16.6. The fraction of sp³-hybridized carbons (Fsp3) is 0. The van der Waals surface area contributed by atoms with Crippen LogP contribution in [0.1, 0.15) is 26.3 Å². The summed E-state index contributed by atoms with van der Waals surface area (Å²) >= 11 is 0. The number of esters is 1. The zero-order valence-electron chi connectivity index (χ0n) is 16.2. The summed E-state index contributed by atoms with van der Waals surface area (Å²) in [6.45, 7) is 0. The third-order valence-corrected chi connectivity index (χ3v) is 4.04. The molecule has 11 heteroatoms. The van der Waals surface area contributed by atoms with E-state index < -0.39 is 33.1 Å². The fourth-order valence-electron chi connectivity index (χ4n) is 2.57. The Bertz CT molecular complexity index is 1190. The Morgan fingerprint density at radius 2 is 1.50 bits per heavy atom. The van der Waals surface area contributed by atoms with Gasteiger partial charge in [0.15, 0.2) is 0 Å². The summed E-state index contributed by atoms with van der Waals surface area (Å²) in [5, 5.41) is 25.8. The first-order valence-corrected chi connectivity index (χ1v) is 8.98. The molecule has 3 rings (SSSR count). The van der Waals surface area contributed by atoms with Gasteiger partial charge < -0.3 is 4.74 Å². The molecule has 32 heavy (non-hydrogen) atoms. The summed E-state index contributed by atoms with van der Waals surface area (Å²) in [5.41, 5.74) is 1.70. The van der Waals surface area contributed by atoms with E-state index in [-0.39, 0.29) is 11.3 Å². The zero-order chi connectivity index (χ0) is 23.1. The highest BCUT2D eigenvalue weighted by Gasteiger charge is 2.21. The summed E-state index contributed by atoms with van der Waals surface area (Å²) < 4.78 is 5.17. The number of rotatable bonds is 7. The van der Waals surface area contributed by atoms with Gasteiger partial charge in [-0.15, -0.1) is 0 Å². The molecule has 0 aliphatic heterocycles. The van der Waals surface area contributed by atoms with Crippen LogP contribution in [0.4, 0.5) is 11.4 Å². The van der Waals surface area contributed by atoms with Gasteiger partial charge in [0.05, 0.1) is 27.7 Å². The molecule has 0 radical (unpaired) electrons. The molecule has 0 fully saturated rings. The maximum atomic E-state index is 12.4. The number of benzene rings is 3. The Balaban J connectivity index is 1.72. The van der Waals surface area contributed by atoms with Gasteiger partial charge >= 0.3 is 5.97 Å². The number of amides is 1. The first-order chi connectivity index (χ1) is 15.3. The minimum absolute atomic E-state index is 0.0718. The number of nitrogens with one attached hydrogen (secondary N) is 1. The van der Waals surface area contributed by atoms with Crippen molar-refractivity contribution in [1.82, 2.24) is 5.43 Å². The van der Waals surface area contributed by atoms with Gasteiger partial charge in [-0.25, -0.2) is 10.2 Å². The molecule has 3 aromatic rings. The van der Waals surface area contributed by atoms with Crippen LogP contribution in [0.3, 0.4) is 0 Å². The Kier molecular flexibility index (Phi) is 6.61. The number of nitro benzene ring substituents is 2. The Labute approximate surface area is 180 Å². The van der Waals surface area contributed by atoms with Crippen LogP contribution >= 0.6 is 0 Å². The minimum atomic E-state index is -1.01. The lowest BCUT2D eigenvalue weighted by Gasteiger charge is -2.05. The summed E-state index contributed by atoms with van der Waals surface area (Å²) in [4.78, 5) is 44.6. The van der Waals surface area contributed by atoms with Crippen molar-refractivity contribution in [1.29, 1.82) is 0 Å². The number of hydrogen-bond donors (Lipinski definition) is 1. The van der Waals surface area contributed by atoms with Crippen molar-refractivity contribution in [3.63, 3.8) is 0 Å². The van der Waals surface area contributed by atoms with E-state index in [4.69, 9.17) is 4.74 Å². The lowest BCUT2D eigenvalue weighted by molar-refractivity contribution is -0.394. The van der Waals surface area contributed by atoms with Crippen molar-refractivity contribution < 1.29 is 24.2 Å². The van der Waals surface area contributed by atoms with Gasteiger partial charge in [0, 0.05) is 17.7 Å². The van der Waals surface area contributed by atoms with Gasteiger partial charge in [0.1, 0.15) is 5.75 Å². The lowest BCUT2D eigenvalue weighted by atomic mass is 10.1. The average molecular weight is 434 g/mol. The maximum absolute atomic E-state index is 12.4. The summed E-state index contributed by atoms with van der Waals surface area (Å²) in [5.74, 6) is -1.34. The van der Waals surface area contributed by atoms with E-state index in [2.05, 4.69) is 10.5 Å². The fourth-order valence-corrected chi connectivity index (χ4v) is 2.57. The van der Waals surface area contributed by atoms with Gasteiger partial charge in [-0.1, -0.05) is 30.3 Å². The first kappa shape index (κ1) is 21.8. The first-order valence-electron chi connectivity index (χ1n) is 8.98. The molecule has 0 heterocycles. The second-order valence-electron chi connectivity index (χ2n) is 6.28. The van der Waals surface area contributed by atoms with E-state index >= 15 is 0 Å². The molecule has 0 aliphatic carbocycles. The van der Waals surface area contributed by atoms with Gasteiger partial charge in [-0.2, -0.15) is 5.10 Å². The highest BCUT2D eigenvalue weighted by Crippen LogP contribution is 2.24. The molecular formula is C21H14N4O7. The molecule has 160 valence electrons. The molecule has 0 aliphatic rings. The van der Waals surface area contributed by atoms with Crippen molar-refractivity contribution in [3.8, 4) is 5.75 Å². The third-order valence-electron chi connectivity index (χ3n) is 4.04. The Morgan fingerprint density at radius 1 is 0.844 bits per heavy atom. The van der Waals surface area contributed by atoms with Gasteiger partial charge in [0.2, 0.25) is 0 Å². The molecular weight excluding hydrogens is 420 g/mol. The number of carbonyl (C=O) groups is 2. The van der Waals surface area contributed by atoms with Crippen LogP contribution in [0.25, 0.3) is 0 Å². The number of hydrogen-bond acceptors (Lipinski definition) is 8. The number of hydrazone groups is 1. The van der Waals surface area contributed by atoms with Crippen molar-refractivity contribution in [3.05, 3.63) is 110 Å². The van der Waals surface area contributed by atoms with Crippen LogP contribution in [0.5, 0.6) is 5.75 Å². The smallest absolute Gasteiger partial charge is 0.344 e. The summed E-state index contributed by atoms with van der Waals surface area (Å²) in [6.07, 6.45) is 1.33. The maximum Gasteiger partial charge on any atom is 0.344 e. The summed E-state index contributed by atoms with van der Waals surface area (Å²) in [6, 6.07) is 17.1. The van der Waals surface area contributed by atoms with Gasteiger partial charge in [0.25, 0.3) is 17.3 Å². The molecule has 1 amide bonds. The van der Waals surface area contributed by atoms with E-state index in [0.29, 0.717) is 11.1 Å². The number of non-ortho nitro benzene ring substituents is 2. The normalized spacial score (nSPS) is 10.5. The van der Waals surface area contributed by atoms with E-state index in [0.717, 1.165) is 18.2 Å². The molecule has 0 atom stereocenters. The van der Waals surface area contributed by atoms with E-state index in [1.165, 1.54) is 18.3 Å². The SMILES string of the molecule is O=C(N/N=C/c1cccc(OC(=O)c2cc([N+](=O)[O-])cc([N+](=O)[O-])c2)c1)c1ccccc1. The highest BCUT2D eigenvalue weighted by molar-refractivity contribution is 5.95. The molecule has 0 aromatic heterocycles. The van der Waals surface area contributed by atoms with Crippen LogP contribution in [0.2, 0.25) is 0 Å². The largest absolute Gasteiger partial charge is 0.423 e. The number of carbonyl (C=O) groups excluding carboxylic acids is 2. The second-order valence-corrected chi connectivity index (χ2v) is 6.28. The predicted octanol–water partition coefficient (Wildman–Crippen LogP) is 3.49. The van der Waals surface area contributed by atoms with E-state index in [1.807, 2.05) is 0 Å². The van der Waals surface area contributed by atoms with Crippen molar-refractivity contribution in [2.24, 2.45) is 5.10 Å². The van der Waals surface area contributed by atoms with Crippen molar-refractivity contribution in [2.45, 2.75) is 0 Å². The Hall–Kier alpha value is -4.93. The molecule has 3 aromatic carbocycles. The molecule has 1 N–H and O–H groups in total. The molecule has 0 saturated heterocycles. The van der Waals surface area contributed by atoms with E-state index in [9.17, 15) is 29.8 Å². The quantitative estimate of drug-likeness (QED) is 0.196. The van der Waals surface area contributed by atoms with Crippen LogP contribution in [0.15, 0.2) is 77.9 Å². The van der Waals surface area contributed by atoms with Gasteiger partial charge in [-0.05, 0) is 29.8 Å². The van der Waals surface area contributed by atoms with Crippen LogP contribution < -0.4 is 10.2 Å². The monoisotopic (exact) mass is 434 g/mol. The predicted molar refractivity (Wildman–Crippen MR) is 113 cm³/mol. The molecule has 0 unspecified atom stereocenters. The van der Waals surface area contributed by atoms with Crippen LogP contribution in [-0.4, -0.2) is 27.9 Å². The van der Waals surface area contributed by atoms with Crippen LogP contribution in [-0.2, 0) is 0 Å². The molecule has 11 nitrogen and oxygen atoms in total.